The van der Waals surface area contributed by atoms with Gasteiger partial charge < -0.3 is 9.64 Å². The highest BCUT2D eigenvalue weighted by atomic mass is 32.1. The van der Waals surface area contributed by atoms with Crippen molar-refractivity contribution in [2.45, 2.75) is 38.7 Å². The van der Waals surface area contributed by atoms with Gasteiger partial charge in [-0.25, -0.2) is 9.97 Å². The number of nitrogens with zero attached hydrogens (tertiary/aromatic N) is 4. The van der Waals surface area contributed by atoms with Gasteiger partial charge in [0.1, 0.15) is 17.6 Å². The number of hydrogen-bond acceptors (Lipinski definition) is 9. The summed E-state index contributed by atoms with van der Waals surface area (Å²) >= 11 is 2.19. The minimum atomic E-state index is -0.554. The number of nitro groups is 1. The molecule has 34 heavy (non-hydrogen) atoms. The summed E-state index contributed by atoms with van der Waals surface area (Å²) in [5.41, 5.74) is 0.880. The van der Waals surface area contributed by atoms with Crippen molar-refractivity contribution in [2.75, 3.05) is 18.4 Å². The average Bonchev–Trinajstić information content (AvgIpc) is 3.49. The molecule has 10 nitrogen and oxygen atoms in total. The molecule has 0 atom stereocenters. The van der Waals surface area contributed by atoms with Gasteiger partial charge in [-0.15, -0.1) is 11.3 Å². The molecule has 3 aromatic rings. The van der Waals surface area contributed by atoms with E-state index in [0.717, 1.165) is 41.1 Å². The smallest absolute Gasteiger partial charge is 0.345 e. The average molecular weight is 502 g/mol. The number of rotatable bonds is 7. The molecular weight excluding hydrogens is 478 g/mol. The fourth-order valence-corrected chi connectivity index (χ4v) is 5.21. The zero-order chi connectivity index (χ0) is 24.2. The molecule has 1 aliphatic heterocycles. The predicted molar refractivity (Wildman–Crippen MR) is 129 cm³/mol. The Hall–Kier alpha value is -3.38. The SMILES string of the molecule is CC(C)Oc1ccc(C(=O)N2CCC(c3nc(C(=O)Nc4ncc([N+](=O)[O-])s4)cs3)CC2)cc1. The number of aromatic nitrogens is 2. The van der Waals surface area contributed by atoms with Crippen LogP contribution in [0.4, 0.5) is 10.1 Å². The molecule has 0 spiro atoms. The summed E-state index contributed by atoms with van der Waals surface area (Å²) in [6, 6.07) is 7.20. The highest BCUT2D eigenvalue weighted by Crippen LogP contribution is 2.31. The molecule has 1 aliphatic rings. The lowest BCUT2D eigenvalue weighted by atomic mass is 9.97. The molecule has 178 valence electrons. The summed E-state index contributed by atoms with van der Waals surface area (Å²) in [7, 11) is 0. The highest BCUT2D eigenvalue weighted by molar-refractivity contribution is 7.18. The topological polar surface area (TPSA) is 128 Å². The second-order valence-electron chi connectivity index (χ2n) is 8.04. The zero-order valence-corrected chi connectivity index (χ0v) is 20.2. The number of carbonyl (C=O) groups is 2. The van der Waals surface area contributed by atoms with Crippen molar-refractivity contribution < 1.29 is 19.2 Å². The van der Waals surface area contributed by atoms with Crippen LogP contribution in [0.25, 0.3) is 0 Å². The van der Waals surface area contributed by atoms with Crippen LogP contribution in [0.1, 0.15) is 58.5 Å². The Morgan fingerprint density at radius 3 is 2.56 bits per heavy atom. The Kier molecular flexibility index (Phi) is 7.17. The standard InChI is InChI=1S/C22H23N5O5S2/c1-13(2)32-16-5-3-15(4-6-16)21(29)26-9-7-14(8-10-26)20-24-17(12-33-20)19(28)25-22-23-11-18(34-22)27(30)31/h3-6,11-14H,7-10H2,1-2H3,(H,23,25,28). The first-order valence-electron chi connectivity index (χ1n) is 10.7. The van der Waals surface area contributed by atoms with Crippen LogP contribution in [-0.4, -0.2) is 50.8 Å². The van der Waals surface area contributed by atoms with Gasteiger partial charge in [-0.2, -0.15) is 0 Å². The van der Waals surface area contributed by atoms with Crippen molar-refractivity contribution in [3.8, 4) is 5.75 Å². The largest absolute Gasteiger partial charge is 0.491 e. The number of carbonyl (C=O) groups excluding carboxylic acids is 2. The van der Waals surface area contributed by atoms with Crippen molar-refractivity contribution in [3.63, 3.8) is 0 Å². The van der Waals surface area contributed by atoms with Crippen LogP contribution >= 0.6 is 22.7 Å². The van der Waals surface area contributed by atoms with Crippen molar-refractivity contribution in [1.82, 2.24) is 14.9 Å². The summed E-state index contributed by atoms with van der Waals surface area (Å²) in [5.74, 6) is 0.441. The van der Waals surface area contributed by atoms with Crippen molar-refractivity contribution in [3.05, 3.63) is 62.2 Å². The Bertz CT molecular complexity index is 1180. The molecule has 3 heterocycles. The fourth-order valence-electron chi connectivity index (χ4n) is 3.61. The van der Waals surface area contributed by atoms with Crippen LogP contribution < -0.4 is 10.1 Å². The van der Waals surface area contributed by atoms with Crippen molar-refractivity contribution in [1.29, 1.82) is 0 Å². The number of benzene rings is 1. The van der Waals surface area contributed by atoms with Gasteiger partial charge in [-0.3, -0.25) is 25.0 Å². The first-order chi connectivity index (χ1) is 16.3. The molecule has 2 aromatic heterocycles. The van der Waals surface area contributed by atoms with Gasteiger partial charge >= 0.3 is 5.00 Å². The number of piperidine rings is 1. The van der Waals surface area contributed by atoms with E-state index in [1.54, 1.807) is 17.5 Å². The maximum Gasteiger partial charge on any atom is 0.345 e. The number of anilines is 1. The second-order valence-corrected chi connectivity index (χ2v) is 9.94. The van der Waals surface area contributed by atoms with E-state index in [1.165, 1.54) is 11.3 Å². The number of hydrogen-bond donors (Lipinski definition) is 1. The molecule has 12 heteroatoms. The van der Waals surface area contributed by atoms with Gasteiger partial charge in [0.25, 0.3) is 11.8 Å². The molecular formula is C22H23N5O5S2. The summed E-state index contributed by atoms with van der Waals surface area (Å²) < 4.78 is 5.63. The number of ether oxygens (including phenoxy) is 1. The molecule has 1 fully saturated rings. The van der Waals surface area contributed by atoms with Crippen LogP contribution in [0.15, 0.2) is 35.8 Å². The number of amides is 2. The van der Waals surface area contributed by atoms with Crippen LogP contribution in [-0.2, 0) is 0 Å². The summed E-state index contributed by atoms with van der Waals surface area (Å²) in [5, 5.41) is 15.8. The molecule has 0 radical (unpaired) electrons. The molecule has 0 bridgehead atoms. The van der Waals surface area contributed by atoms with Crippen LogP contribution in [0, 0.1) is 10.1 Å². The molecule has 1 aromatic carbocycles. The van der Waals surface area contributed by atoms with E-state index in [1.807, 2.05) is 30.9 Å². The lowest BCUT2D eigenvalue weighted by Crippen LogP contribution is -2.37. The minimum absolute atomic E-state index is 0.00806. The third-order valence-electron chi connectivity index (χ3n) is 5.25. The third-order valence-corrected chi connectivity index (χ3v) is 7.12. The van der Waals surface area contributed by atoms with Gasteiger partial charge in [0.05, 0.1) is 16.0 Å². The van der Waals surface area contributed by atoms with Gasteiger partial charge in [-0.05, 0) is 62.3 Å². The van der Waals surface area contributed by atoms with Crippen LogP contribution in [0.3, 0.4) is 0 Å². The van der Waals surface area contributed by atoms with E-state index in [4.69, 9.17) is 4.74 Å². The highest BCUT2D eigenvalue weighted by Gasteiger charge is 2.27. The first-order valence-corrected chi connectivity index (χ1v) is 12.4. The maximum atomic E-state index is 12.9. The van der Waals surface area contributed by atoms with E-state index >= 15 is 0 Å². The Morgan fingerprint density at radius 2 is 1.94 bits per heavy atom. The number of thiazole rings is 2. The van der Waals surface area contributed by atoms with E-state index in [9.17, 15) is 19.7 Å². The minimum Gasteiger partial charge on any atom is -0.491 e. The van der Waals surface area contributed by atoms with Crippen molar-refractivity contribution >= 4 is 44.6 Å². The van der Waals surface area contributed by atoms with E-state index in [-0.39, 0.29) is 33.8 Å². The van der Waals surface area contributed by atoms with Crippen LogP contribution in [0.2, 0.25) is 0 Å². The van der Waals surface area contributed by atoms with Gasteiger partial charge in [0, 0.05) is 30.0 Å². The monoisotopic (exact) mass is 501 g/mol. The zero-order valence-electron chi connectivity index (χ0n) is 18.6. The number of likely N-dealkylation sites (tertiary alicyclic amines) is 1. The summed E-state index contributed by atoms with van der Waals surface area (Å²) in [6.45, 7) is 5.13. The van der Waals surface area contributed by atoms with Crippen molar-refractivity contribution in [2.24, 2.45) is 0 Å². The molecule has 0 saturated carbocycles. The Balaban J connectivity index is 1.31. The molecule has 1 saturated heterocycles. The quantitative estimate of drug-likeness (QED) is 0.371. The summed E-state index contributed by atoms with van der Waals surface area (Å²) in [6.07, 6.45) is 2.70. The van der Waals surface area contributed by atoms with Gasteiger partial charge in [0.15, 0.2) is 5.13 Å². The Morgan fingerprint density at radius 1 is 1.24 bits per heavy atom. The molecule has 2 amide bonds. The molecule has 4 rings (SSSR count). The third kappa shape index (κ3) is 5.57. The van der Waals surface area contributed by atoms with Gasteiger partial charge in [-0.1, -0.05) is 0 Å². The number of nitrogens with one attached hydrogen (secondary N) is 1. The van der Waals surface area contributed by atoms with Gasteiger partial charge in [0.2, 0.25) is 0 Å². The predicted octanol–water partition coefficient (Wildman–Crippen LogP) is 4.57. The molecule has 1 N–H and O–H groups in total. The molecule has 0 aliphatic carbocycles. The second kappa shape index (κ2) is 10.3. The summed E-state index contributed by atoms with van der Waals surface area (Å²) in [4.78, 5) is 45.7. The first kappa shape index (κ1) is 23.8. The lowest BCUT2D eigenvalue weighted by Gasteiger charge is -2.31. The van der Waals surface area contributed by atoms with E-state index in [2.05, 4.69) is 15.3 Å². The normalized spacial score (nSPS) is 14.3. The molecule has 0 unspecified atom stereocenters. The Labute approximate surface area is 203 Å². The maximum absolute atomic E-state index is 12.9. The van der Waals surface area contributed by atoms with Crippen LogP contribution in [0.5, 0.6) is 5.75 Å². The lowest BCUT2D eigenvalue weighted by molar-refractivity contribution is -0.380. The van der Waals surface area contributed by atoms with E-state index in [0.29, 0.717) is 18.7 Å². The van der Waals surface area contributed by atoms with E-state index < -0.39 is 10.8 Å². The fraction of sp³-hybridized carbons (Fsp3) is 0.364.